The highest BCUT2D eigenvalue weighted by atomic mass is 35.5. The van der Waals surface area contributed by atoms with Crippen LogP contribution >= 0.6 is 23.2 Å². The molecule has 2 nitrogen and oxygen atoms in total. The van der Waals surface area contributed by atoms with E-state index in [4.69, 9.17) is 23.2 Å². The van der Waals surface area contributed by atoms with Crippen LogP contribution in [0.1, 0.15) is 34.7 Å². The summed E-state index contributed by atoms with van der Waals surface area (Å²) in [6.45, 7) is 2.05. The molecule has 3 aromatic carbocycles. The first-order valence-corrected chi connectivity index (χ1v) is 9.63. The van der Waals surface area contributed by atoms with Crippen molar-refractivity contribution >= 4 is 29.1 Å². The van der Waals surface area contributed by atoms with Gasteiger partial charge in [0.15, 0.2) is 0 Å². The van der Waals surface area contributed by atoms with Crippen molar-refractivity contribution in [2.75, 3.05) is 0 Å². The summed E-state index contributed by atoms with van der Waals surface area (Å²) in [5.41, 5.74) is 4.21. The van der Waals surface area contributed by atoms with Crippen LogP contribution in [0.25, 0.3) is 0 Å². The van der Waals surface area contributed by atoms with Crippen molar-refractivity contribution < 1.29 is 4.79 Å². The summed E-state index contributed by atoms with van der Waals surface area (Å²) in [4.78, 5) is 12.7. The van der Waals surface area contributed by atoms with E-state index in [1.807, 2.05) is 48.5 Å². The molecule has 0 fully saturated rings. The molecule has 3 aromatic rings. The Morgan fingerprint density at radius 3 is 2.37 bits per heavy atom. The Bertz CT molecular complexity index is 925. The molecule has 1 N–H and O–H groups in total. The largest absolute Gasteiger partial charge is 0.345 e. The van der Waals surface area contributed by atoms with Crippen molar-refractivity contribution in [1.82, 2.24) is 5.32 Å². The highest BCUT2D eigenvalue weighted by molar-refractivity contribution is 6.35. The van der Waals surface area contributed by atoms with E-state index in [1.165, 1.54) is 0 Å². The molecular formula is C23H21Cl2NO. The third-order valence-electron chi connectivity index (χ3n) is 4.45. The summed E-state index contributed by atoms with van der Waals surface area (Å²) >= 11 is 12.1. The molecule has 0 aliphatic rings. The summed E-state index contributed by atoms with van der Waals surface area (Å²) in [6.07, 6.45) is 0.924. The molecule has 0 saturated carbocycles. The van der Waals surface area contributed by atoms with E-state index in [-0.39, 0.29) is 11.9 Å². The number of rotatable bonds is 6. The van der Waals surface area contributed by atoms with Crippen LogP contribution in [0, 0.1) is 6.92 Å². The van der Waals surface area contributed by atoms with Crippen LogP contribution in [0.4, 0.5) is 0 Å². The van der Waals surface area contributed by atoms with Gasteiger partial charge in [0.05, 0.1) is 6.04 Å². The van der Waals surface area contributed by atoms with Gasteiger partial charge in [0.25, 0.3) is 0 Å². The minimum absolute atomic E-state index is 0.0172. The van der Waals surface area contributed by atoms with E-state index in [2.05, 4.69) is 24.4 Å². The predicted molar refractivity (Wildman–Crippen MR) is 112 cm³/mol. The summed E-state index contributed by atoms with van der Waals surface area (Å²) in [5.74, 6) is -0.0172. The number of amides is 1. The highest BCUT2D eigenvalue weighted by Gasteiger charge is 2.17. The molecule has 1 amide bonds. The first-order valence-electron chi connectivity index (χ1n) is 8.88. The monoisotopic (exact) mass is 397 g/mol. The molecule has 0 aromatic heterocycles. The van der Waals surface area contributed by atoms with Crippen molar-refractivity contribution in [1.29, 1.82) is 0 Å². The number of halogens is 2. The number of carbonyl (C=O) groups excluding carboxylic acids is 1. The minimum atomic E-state index is -0.181. The molecule has 0 heterocycles. The van der Waals surface area contributed by atoms with Gasteiger partial charge in [0.2, 0.25) is 5.91 Å². The molecule has 1 atom stereocenters. The number of benzene rings is 3. The molecule has 0 aliphatic carbocycles. The number of carbonyl (C=O) groups is 1. The average molecular weight is 398 g/mol. The lowest BCUT2D eigenvalue weighted by atomic mass is 9.97. The van der Waals surface area contributed by atoms with E-state index >= 15 is 0 Å². The lowest BCUT2D eigenvalue weighted by Crippen LogP contribution is -2.29. The fourth-order valence-corrected chi connectivity index (χ4v) is 3.56. The van der Waals surface area contributed by atoms with Gasteiger partial charge in [0, 0.05) is 16.5 Å². The fraction of sp³-hybridized carbons (Fsp3) is 0.174. The molecular weight excluding hydrogens is 377 g/mol. The third kappa shape index (κ3) is 5.35. The number of hydrogen-bond donors (Lipinski definition) is 1. The van der Waals surface area contributed by atoms with E-state index in [0.29, 0.717) is 22.9 Å². The van der Waals surface area contributed by atoms with Crippen molar-refractivity contribution in [3.05, 3.63) is 105 Å². The molecule has 138 valence electrons. The van der Waals surface area contributed by atoms with Crippen molar-refractivity contribution in [3.63, 3.8) is 0 Å². The normalized spacial score (nSPS) is 11.8. The molecule has 0 unspecified atom stereocenters. The Labute approximate surface area is 170 Å². The Morgan fingerprint density at radius 1 is 0.926 bits per heavy atom. The number of nitrogens with one attached hydrogen (secondary N) is 1. The Hall–Kier alpha value is -2.29. The maximum Gasteiger partial charge on any atom is 0.221 e. The van der Waals surface area contributed by atoms with Gasteiger partial charge in [0.1, 0.15) is 0 Å². The van der Waals surface area contributed by atoms with Crippen molar-refractivity contribution in [3.8, 4) is 0 Å². The quantitative estimate of drug-likeness (QED) is 0.531. The van der Waals surface area contributed by atoms with E-state index in [1.54, 1.807) is 12.1 Å². The van der Waals surface area contributed by atoms with E-state index in [9.17, 15) is 4.79 Å². The molecule has 0 bridgehead atoms. The van der Waals surface area contributed by atoms with Gasteiger partial charge in [-0.25, -0.2) is 0 Å². The second-order valence-corrected chi connectivity index (χ2v) is 7.40. The molecule has 0 saturated heterocycles. The summed E-state index contributed by atoms with van der Waals surface area (Å²) in [6, 6.07) is 23.4. The number of aryl methyl sites for hydroxylation is 2. The maximum atomic E-state index is 12.7. The van der Waals surface area contributed by atoms with Crippen LogP contribution in [0.5, 0.6) is 0 Å². The molecule has 27 heavy (non-hydrogen) atoms. The predicted octanol–water partition coefficient (Wildman–Crippen LogP) is 6.14. The first-order chi connectivity index (χ1) is 13.0. The van der Waals surface area contributed by atoms with Gasteiger partial charge >= 0.3 is 0 Å². The van der Waals surface area contributed by atoms with Gasteiger partial charge in [-0.2, -0.15) is 0 Å². The van der Waals surface area contributed by atoms with Crippen LogP contribution in [-0.2, 0) is 11.2 Å². The Morgan fingerprint density at radius 2 is 1.67 bits per heavy atom. The SMILES string of the molecule is Cc1cccc([C@@H](NC(=O)CCc2ccc(Cl)cc2Cl)c2ccccc2)c1. The minimum Gasteiger partial charge on any atom is -0.345 e. The second-order valence-electron chi connectivity index (χ2n) is 6.56. The van der Waals surface area contributed by atoms with Gasteiger partial charge in [-0.3, -0.25) is 4.79 Å². The molecule has 0 aliphatic heterocycles. The second kappa shape index (κ2) is 9.07. The van der Waals surface area contributed by atoms with Crippen LogP contribution in [-0.4, -0.2) is 5.91 Å². The zero-order valence-corrected chi connectivity index (χ0v) is 16.6. The van der Waals surface area contributed by atoms with E-state index in [0.717, 1.165) is 22.3 Å². The molecule has 3 rings (SSSR count). The van der Waals surface area contributed by atoms with Crippen molar-refractivity contribution in [2.24, 2.45) is 0 Å². The highest BCUT2D eigenvalue weighted by Crippen LogP contribution is 2.24. The van der Waals surface area contributed by atoms with Crippen LogP contribution in [0.15, 0.2) is 72.8 Å². The fourth-order valence-electron chi connectivity index (χ4n) is 3.06. The Kier molecular flexibility index (Phi) is 6.54. The standard InChI is InChI=1S/C23H21Cl2NO/c1-16-6-5-9-19(14-16)23(18-7-3-2-4-8-18)26-22(27)13-11-17-10-12-20(24)15-21(17)25/h2-10,12,14-15,23H,11,13H2,1H3,(H,26,27)/t23-/m0/s1. The lowest BCUT2D eigenvalue weighted by Gasteiger charge is -2.20. The van der Waals surface area contributed by atoms with Crippen molar-refractivity contribution in [2.45, 2.75) is 25.8 Å². The molecule has 0 spiro atoms. The van der Waals surface area contributed by atoms with Gasteiger partial charge < -0.3 is 5.32 Å². The first kappa shape index (κ1) is 19.5. The zero-order valence-electron chi connectivity index (χ0n) is 15.1. The third-order valence-corrected chi connectivity index (χ3v) is 5.04. The van der Waals surface area contributed by atoms with Crippen LogP contribution in [0.3, 0.4) is 0 Å². The summed E-state index contributed by atoms with van der Waals surface area (Å²) in [7, 11) is 0. The lowest BCUT2D eigenvalue weighted by molar-refractivity contribution is -0.121. The topological polar surface area (TPSA) is 29.1 Å². The van der Waals surface area contributed by atoms with Crippen LogP contribution < -0.4 is 5.32 Å². The van der Waals surface area contributed by atoms with Gasteiger partial charge in [-0.05, 0) is 42.2 Å². The number of hydrogen-bond acceptors (Lipinski definition) is 1. The zero-order chi connectivity index (χ0) is 19.2. The average Bonchev–Trinajstić information content (AvgIpc) is 2.66. The molecule has 0 radical (unpaired) electrons. The molecule has 4 heteroatoms. The smallest absolute Gasteiger partial charge is 0.221 e. The van der Waals surface area contributed by atoms with Gasteiger partial charge in [-0.15, -0.1) is 0 Å². The maximum absolute atomic E-state index is 12.7. The summed E-state index contributed by atoms with van der Waals surface area (Å²) < 4.78 is 0. The van der Waals surface area contributed by atoms with Gasteiger partial charge in [-0.1, -0.05) is 89.4 Å². The van der Waals surface area contributed by atoms with Crippen LogP contribution in [0.2, 0.25) is 10.0 Å². The van der Waals surface area contributed by atoms with E-state index < -0.39 is 0 Å². The Balaban J connectivity index is 1.74. The summed E-state index contributed by atoms with van der Waals surface area (Å²) in [5, 5.41) is 4.36.